The Labute approximate surface area is 177 Å². The third-order valence-corrected chi connectivity index (χ3v) is 5.11. The van der Waals surface area contributed by atoms with E-state index < -0.39 is 17.7 Å². The second kappa shape index (κ2) is 7.82. The van der Waals surface area contributed by atoms with E-state index in [1.54, 1.807) is 39.0 Å². The number of carbonyl (C=O) groups is 2. The molecule has 0 spiro atoms. The minimum Gasteiger partial charge on any atom is -0.479 e. The molecule has 0 unspecified atom stereocenters. The van der Waals surface area contributed by atoms with Crippen LogP contribution in [0.15, 0.2) is 36.4 Å². The number of benzene rings is 2. The molecule has 2 aromatic carbocycles. The zero-order valence-electron chi connectivity index (χ0n) is 17.1. The standard InChI is InChI=1S/C22H20F2N4O3/c1-11-16(12(2)28(27-11)19-6-4-14(23)8-17(19)24)10-21(29)25-15-5-7-20-18(9-15)26-22(30)13(3)31-20/h4-9,13H,10H2,1-3H3,(H,25,29)(H,26,30)/t13-/m1/s1. The van der Waals surface area contributed by atoms with E-state index in [0.717, 1.165) is 12.1 Å². The number of anilines is 2. The Balaban J connectivity index is 1.53. The summed E-state index contributed by atoms with van der Waals surface area (Å²) in [5.41, 5.74) is 2.87. The Kier molecular flexibility index (Phi) is 5.18. The second-order valence-corrected chi connectivity index (χ2v) is 7.34. The Morgan fingerprint density at radius 3 is 2.74 bits per heavy atom. The third kappa shape index (κ3) is 3.98. The van der Waals surface area contributed by atoms with Crippen molar-refractivity contribution in [2.45, 2.75) is 33.3 Å². The molecule has 1 atom stereocenters. The lowest BCUT2D eigenvalue weighted by Gasteiger charge is -2.23. The van der Waals surface area contributed by atoms with Crippen molar-refractivity contribution in [1.29, 1.82) is 0 Å². The van der Waals surface area contributed by atoms with Gasteiger partial charge in [-0.3, -0.25) is 9.59 Å². The fourth-order valence-electron chi connectivity index (χ4n) is 3.47. The number of nitrogens with one attached hydrogen (secondary N) is 2. The number of fused-ring (bicyclic) bond motifs is 1. The Hall–Kier alpha value is -3.75. The Bertz CT molecular complexity index is 1210. The van der Waals surface area contributed by atoms with Crippen molar-refractivity contribution in [2.24, 2.45) is 0 Å². The highest BCUT2D eigenvalue weighted by atomic mass is 19.1. The average molecular weight is 426 g/mol. The summed E-state index contributed by atoms with van der Waals surface area (Å²) in [4.78, 5) is 24.4. The molecule has 4 rings (SSSR count). The van der Waals surface area contributed by atoms with Crippen molar-refractivity contribution in [3.63, 3.8) is 0 Å². The van der Waals surface area contributed by atoms with Crippen LogP contribution in [-0.2, 0) is 16.0 Å². The topological polar surface area (TPSA) is 85.3 Å². The summed E-state index contributed by atoms with van der Waals surface area (Å²) in [6.45, 7) is 5.09. The van der Waals surface area contributed by atoms with Gasteiger partial charge in [-0.25, -0.2) is 13.5 Å². The van der Waals surface area contributed by atoms with Crippen molar-refractivity contribution in [1.82, 2.24) is 9.78 Å². The molecule has 1 aromatic heterocycles. The van der Waals surface area contributed by atoms with Crippen molar-refractivity contribution >= 4 is 23.2 Å². The van der Waals surface area contributed by atoms with Crippen LogP contribution in [0.4, 0.5) is 20.2 Å². The molecule has 0 bridgehead atoms. The number of amides is 2. The summed E-state index contributed by atoms with van der Waals surface area (Å²) >= 11 is 0. The fourth-order valence-corrected chi connectivity index (χ4v) is 3.47. The molecular formula is C22H20F2N4O3. The number of halogens is 2. The van der Waals surface area contributed by atoms with Crippen LogP contribution in [0, 0.1) is 25.5 Å². The molecule has 2 N–H and O–H groups in total. The van der Waals surface area contributed by atoms with Crippen molar-refractivity contribution in [3.8, 4) is 11.4 Å². The first-order valence-electron chi connectivity index (χ1n) is 9.65. The fraction of sp³-hybridized carbons (Fsp3) is 0.227. The van der Waals surface area contributed by atoms with Crippen molar-refractivity contribution in [2.75, 3.05) is 10.6 Å². The summed E-state index contributed by atoms with van der Waals surface area (Å²) in [7, 11) is 0. The van der Waals surface area contributed by atoms with E-state index in [4.69, 9.17) is 4.74 Å². The molecule has 0 saturated carbocycles. The Morgan fingerprint density at radius 1 is 1.23 bits per heavy atom. The van der Waals surface area contributed by atoms with Crippen molar-refractivity contribution < 1.29 is 23.1 Å². The molecule has 7 nitrogen and oxygen atoms in total. The molecule has 3 aromatic rings. The van der Waals surface area contributed by atoms with E-state index >= 15 is 0 Å². The minimum absolute atomic E-state index is 0.0114. The number of aromatic nitrogens is 2. The van der Waals surface area contributed by atoms with Gasteiger partial charge in [-0.05, 0) is 51.1 Å². The van der Waals surface area contributed by atoms with Crippen LogP contribution in [0.2, 0.25) is 0 Å². The summed E-state index contributed by atoms with van der Waals surface area (Å²) < 4.78 is 34.3. The van der Waals surface area contributed by atoms with E-state index in [1.165, 1.54) is 10.7 Å². The number of nitrogens with zero attached hydrogens (tertiary/aromatic N) is 2. The predicted octanol–water partition coefficient (Wildman–Crippen LogP) is 3.67. The molecule has 9 heteroatoms. The maximum Gasteiger partial charge on any atom is 0.265 e. The van der Waals surface area contributed by atoms with E-state index in [-0.39, 0.29) is 23.9 Å². The summed E-state index contributed by atoms with van der Waals surface area (Å²) in [5, 5.41) is 9.83. The van der Waals surface area contributed by atoms with Crippen LogP contribution >= 0.6 is 0 Å². The van der Waals surface area contributed by atoms with Gasteiger partial charge in [0.1, 0.15) is 17.3 Å². The molecule has 0 saturated heterocycles. The first-order chi connectivity index (χ1) is 14.7. The molecule has 1 aliphatic rings. The van der Waals surface area contributed by atoms with Crippen LogP contribution in [0.5, 0.6) is 5.75 Å². The van der Waals surface area contributed by atoms with Gasteiger partial charge < -0.3 is 15.4 Å². The number of aryl methyl sites for hydroxylation is 1. The number of rotatable bonds is 4. The van der Waals surface area contributed by atoms with Gasteiger partial charge in [-0.15, -0.1) is 0 Å². The van der Waals surface area contributed by atoms with Gasteiger partial charge >= 0.3 is 0 Å². The number of ether oxygens (including phenoxy) is 1. The lowest BCUT2D eigenvalue weighted by atomic mass is 10.1. The minimum atomic E-state index is -0.741. The maximum atomic E-state index is 14.2. The Morgan fingerprint density at radius 2 is 2.00 bits per heavy atom. The van der Waals surface area contributed by atoms with Gasteiger partial charge in [0.05, 0.1) is 17.8 Å². The summed E-state index contributed by atoms with van der Waals surface area (Å²) in [6, 6.07) is 8.22. The SMILES string of the molecule is Cc1nn(-c2ccc(F)cc2F)c(C)c1CC(=O)Nc1ccc2c(c1)NC(=O)[C@@H](C)O2. The van der Waals surface area contributed by atoms with Gasteiger partial charge in [0, 0.05) is 23.0 Å². The second-order valence-electron chi connectivity index (χ2n) is 7.34. The average Bonchev–Trinajstić information content (AvgIpc) is 2.97. The maximum absolute atomic E-state index is 14.2. The zero-order valence-corrected chi connectivity index (χ0v) is 17.1. The normalized spacial score (nSPS) is 15.1. The number of carbonyl (C=O) groups excluding carboxylic acids is 2. The summed E-state index contributed by atoms with van der Waals surface area (Å²) in [6.07, 6.45) is -0.571. The molecule has 2 heterocycles. The van der Waals surface area contributed by atoms with Gasteiger partial charge in [-0.1, -0.05) is 0 Å². The van der Waals surface area contributed by atoms with Gasteiger partial charge in [0.15, 0.2) is 11.9 Å². The zero-order chi connectivity index (χ0) is 22.3. The number of hydrogen-bond donors (Lipinski definition) is 2. The van der Waals surface area contributed by atoms with Crippen molar-refractivity contribution in [3.05, 3.63) is 65.0 Å². The van der Waals surface area contributed by atoms with Crippen LogP contribution in [0.3, 0.4) is 0 Å². The lowest BCUT2D eigenvalue weighted by Crippen LogP contribution is -2.34. The predicted molar refractivity (Wildman–Crippen MR) is 110 cm³/mol. The van der Waals surface area contributed by atoms with E-state index in [0.29, 0.717) is 34.1 Å². The first-order valence-corrected chi connectivity index (χ1v) is 9.65. The molecule has 0 radical (unpaired) electrons. The summed E-state index contributed by atoms with van der Waals surface area (Å²) in [5.74, 6) is -1.46. The molecule has 0 fully saturated rings. The third-order valence-electron chi connectivity index (χ3n) is 5.11. The number of hydrogen-bond acceptors (Lipinski definition) is 4. The van der Waals surface area contributed by atoms with E-state index in [1.807, 2.05) is 0 Å². The van der Waals surface area contributed by atoms with Crippen LogP contribution < -0.4 is 15.4 Å². The quantitative estimate of drug-likeness (QED) is 0.667. The van der Waals surface area contributed by atoms with Crippen LogP contribution in [-0.4, -0.2) is 27.7 Å². The largest absolute Gasteiger partial charge is 0.479 e. The van der Waals surface area contributed by atoms with E-state index in [9.17, 15) is 18.4 Å². The molecule has 2 amide bonds. The van der Waals surface area contributed by atoms with Gasteiger partial charge in [0.2, 0.25) is 5.91 Å². The molecule has 31 heavy (non-hydrogen) atoms. The highest BCUT2D eigenvalue weighted by molar-refractivity contribution is 5.99. The molecule has 1 aliphatic heterocycles. The molecular weight excluding hydrogens is 406 g/mol. The lowest BCUT2D eigenvalue weighted by molar-refractivity contribution is -0.122. The van der Waals surface area contributed by atoms with Gasteiger partial charge in [-0.2, -0.15) is 5.10 Å². The monoisotopic (exact) mass is 426 g/mol. The highest BCUT2D eigenvalue weighted by Gasteiger charge is 2.24. The first kappa shape index (κ1) is 20.5. The van der Waals surface area contributed by atoms with Crippen LogP contribution in [0.25, 0.3) is 5.69 Å². The molecule has 160 valence electrons. The molecule has 0 aliphatic carbocycles. The van der Waals surface area contributed by atoms with Gasteiger partial charge in [0.25, 0.3) is 5.91 Å². The highest BCUT2D eigenvalue weighted by Crippen LogP contribution is 2.32. The van der Waals surface area contributed by atoms with Crippen LogP contribution in [0.1, 0.15) is 23.9 Å². The smallest absolute Gasteiger partial charge is 0.265 e. The van der Waals surface area contributed by atoms with E-state index in [2.05, 4.69) is 15.7 Å².